The van der Waals surface area contributed by atoms with Gasteiger partial charge in [0.15, 0.2) is 5.16 Å². The number of methoxy groups -OCH3 is 1. The second-order valence-corrected chi connectivity index (χ2v) is 8.78. The van der Waals surface area contributed by atoms with Crippen LogP contribution < -0.4 is 15.6 Å². The number of carbonyl (C=O) groups is 1. The number of nitriles is 1. The average Bonchev–Trinajstić information content (AvgIpc) is 2.82. The highest BCUT2D eigenvalue weighted by Crippen LogP contribution is 2.29. The van der Waals surface area contributed by atoms with E-state index in [2.05, 4.69) is 10.3 Å². The lowest BCUT2D eigenvalue weighted by Crippen LogP contribution is -2.23. The van der Waals surface area contributed by atoms with Crippen LogP contribution in [0.4, 0.5) is 5.69 Å². The van der Waals surface area contributed by atoms with Crippen LogP contribution in [0, 0.1) is 18.3 Å². The van der Waals surface area contributed by atoms with Gasteiger partial charge in [-0.05, 0) is 61.0 Å². The summed E-state index contributed by atoms with van der Waals surface area (Å²) in [5, 5.41) is 13.0. The second-order valence-electron chi connectivity index (χ2n) is 7.40. The molecule has 0 saturated carbocycles. The zero-order valence-corrected chi connectivity index (χ0v) is 19.9. The third kappa shape index (κ3) is 4.91. The minimum atomic E-state index is -0.303. The molecule has 1 amide bonds. The minimum absolute atomic E-state index is 0.0105. The molecule has 0 spiro atoms. The SMILES string of the molecule is COc1ccc(C)cc1-n1c(SCC(=O)Nc2cccc(C#N)c2)nc2cc(Cl)ccc2c1=O. The van der Waals surface area contributed by atoms with Crippen molar-refractivity contribution < 1.29 is 9.53 Å². The van der Waals surface area contributed by atoms with Crippen LogP contribution in [-0.2, 0) is 4.79 Å². The molecule has 0 atom stereocenters. The molecule has 0 aliphatic rings. The van der Waals surface area contributed by atoms with Gasteiger partial charge in [-0.1, -0.05) is 35.5 Å². The van der Waals surface area contributed by atoms with Crippen molar-refractivity contribution in [2.45, 2.75) is 12.1 Å². The number of carbonyl (C=O) groups excluding carboxylic acids is 1. The Kier molecular flexibility index (Phi) is 6.87. The van der Waals surface area contributed by atoms with Crippen molar-refractivity contribution in [2.24, 2.45) is 0 Å². The molecule has 170 valence electrons. The molecule has 1 N–H and O–H groups in total. The number of nitrogens with zero attached hydrogens (tertiary/aromatic N) is 3. The molecule has 0 bridgehead atoms. The predicted octanol–water partition coefficient (Wildman–Crippen LogP) is 4.96. The van der Waals surface area contributed by atoms with Gasteiger partial charge in [-0.3, -0.25) is 14.2 Å². The number of thioether (sulfide) groups is 1. The molecule has 1 heterocycles. The molecule has 4 rings (SSSR count). The standard InChI is InChI=1S/C25H19ClN4O3S/c1-15-6-9-22(33-2)21(10-15)30-24(32)19-8-7-17(26)12-20(19)29-25(30)34-14-23(31)28-18-5-3-4-16(11-18)13-27/h3-12H,14H2,1-2H3,(H,28,31). The monoisotopic (exact) mass is 490 g/mol. The lowest BCUT2D eigenvalue weighted by atomic mass is 10.2. The molecule has 0 fully saturated rings. The summed E-state index contributed by atoms with van der Waals surface area (Å²) >= 11 is 7.24. The van der Waals surface area contributed by atoms with Crippen LogP contribution in [0.25, 0.3) is 16.6 Å². The van der Waals surface area contributed by atoms with E-state index in [1.54, 1.807) is 48.5 Å². The van der Waals surface area contributed by atoms with Crippen molar-refractivity contribution in [3.8, 4) is 17.5 Å². The maximum Gasteiger partial charge on any atom is 0.266 e. The summed E-state index contributed by atoms with van der Waals surface area (Å²) in [5.41, 5.74) is 2.56. The molecule has 0 saturated heterocycles. The number of amides is 1. The summed E-state index contributed by atoms with van der Waals surface area (Å²) < 4.78 is 6.95. The first-order valence-electron chi connectivity index (χ1n) is 10.2. The van der Waals surface area contributed by atoms with E-state index in [-0.39, 0.29) is 17.2 Å². The first-order valence-corrected chi connectivity index (χ1v) is 11.6. The Hall–Kier alpha value is -3.80. The Morgan fingerprint density at radius 1 is 1.21 bits per heavy atom. The van der Waals surface area contributed by atoms with Gasteiger partial charge in [0.2, 0.25) is 5.91 Å². The fourth-order valence-corrected chi connectivity index (χ4v) is 4.39. The molecule has 0 aliphatic heterocycles. The second kappa shape index (κ2) is 10.00. The molecule has 4 aromatic rings. The van der Waals surface area contributed by atoms with Gasteiger partial charge in [0.1, 0.15) is 5.75 Å². The molecule has 9 heteroatoms. The Bertz CT molecular complexity index is 1510. The number of halogens is 1. The smallest absolute Gasteiger partial charge is 0.266 e. The van der Waals surface area contributed by atoms with E-state index in [9.17, 15) is 9.59 Å². The van der Waals surface area contributed by atoms with Crippen LogP contribution in [0.5, 0.6) is 5.75 Å². The Morgan fingerprint density at radius 3 is 2.79 bits per heavy atom. The van der Waals surface area contributed by atoms with Gasteiger partial charge in [0, 0.05) is 10.7 Å². The van der Waals surface area contributed by atoms with Crippen LogP contribution in [-0.4, -0.2) is 28.3 Å². The number of aromatic nitrogens is 2. The average molecular weight is 491 g/mol. The quantitative estimate of drug-likeness (QED) is 0.303. The van der Waals surface area contributed by atoms with Gasteiger partial charge in [0.05, 0.1) is 41.1 Å². The van der Waals surface area contributed by atoms with Crippen molar-refractivity contribution in [3.63, 3.8) is 0 Å². The van der Waals surface area contributed by atoms with Crippen molar-refractivity contribution in [3.05, 3.63) is 87.2 Å². The van der Waals surface area contributed by atoms with E-state index in [1.807, 2.05) is 25.1 Å². The summed E-state index contributed by atoms with van der Waals surface area (Å²) in [7, 11) is 1.53. The number of aryl methyl sites for hydroxylation is 1. The number of ether oxygens (including phenoxy) is 1. The Balaban J connectivity index is 1.74. The summed E-state index contributed by atoms with van der Waals surface area (Å²) in [6.45, 7) is 1.91. The first-order chi connectivity index (χ1) is 16.4. The lowest BCUT2D eigenvalue weighted by Gasteiger charge is -2.16. The molecular formula is C25H19ClN4O3S. The van der Waals surface area contributed by atoms with Crippen LogP contribution >= 0.6 is 23.4 Å². The van der Waals surface area contributed by atoms with Crippen LogP contribution in [0.15, 0.2) is 70.6 Å². The first kappa shape index (κ1) is 23.4. The number of fused-ring (bicyclic) bond motifs is 1. The van der Waals surface area contributed by atoms with Gasteiger partial charge in [-0.2, -0.15) is 5.26 Å². The summed E-state index contributed by atoms with van der Waals surface area (Å²) in [6, 6.07) is 19.1. The van der Waals surface area contributed by atoms with Gasteiger partial charge in [-0.15, -0.1) is 0 Å². The van der Waals surface area contributed by atoms with Gasteiger partial charge >= 0.3 is 0 Å². The van der Waals surface area contributed by atoms with E-state index in [4.69, 9.17) is 21.6 Å². The molecule has 7 nitrogen and oxygen atoms in total. The van der Waals surface area contributed by atoms with Crippen LogP contribution in [0.1, 0.15) is 11.1 Å². The minimum Gasteiger partial charge on any atom is -0.495 e. The lowest BCUT2D eigenvalue weighted by molar-refractivity contribution is -0.113. The van der Waals surface area contributed by atoms with E-state index in [0.717, 1.165) is 17.3 Å². The van der Waals surface area contributed by atoms with Crippen LogP contribution in [0.3, 0.4) is 0 Å². The summed E-state index contributed by atoms with van der Waals surface area (Å²) in [4.78, 5) is 30.8. The number of nitrogens with one attached hydrogen (secondary N) is 1. The fraction of sp³-hybridized carbons (Fsp3) is 0.120. The van der Waals surface area contributed by atoms with Crippen molar-refractivity contribution in [2.75, 3.05) is 18.2 Å². The Labute approximate surface area is 205 Å². The van der Waals surface area contributed by atoms with Gasteiger partial charge < -0.3 is 10.1 Å². The predicted molar refractivity (Wildman–Crippen MR) is 134 cm³/mol. The number of anilines is 1. The maximum atomic E-state index is 13.5. The number of rotatable bonds is 6. The normalized spacial score (nSPS) is 10.6. The van der Waals surface area contributed by atoms with E-state index < -0.39 is 0 Å². The third-order valence-electron chi connectivity index (χ3n) is 4.98. The third-order valence-corrected chi connectivity index (χ3v) is 6.16. The van der Waals surface area contributed by atoms with Crippen molar-refractivity contribution in [1.29, 1.82) is 5.26 Å². The van der Waals surface area contributed by atoms with Crippen molar-refractivity contribution in [1.82, 2.24) is 9.55 Å². The summed E-state index contributed by atoms with van der Waals surface area (Å²) in [5.74, 6) is 0.189. The molecule has 34 heavy (non-hydrogen) atoms. The highest BCUT2D eigenvalue weighted by Gasteiger charge is 2.18. The molecular weight excluding hydrogens is 472 g/mol. The topological polar surface area (TPSA) is 97.0 Å². The molecule has 0 unspecified atom stereocenters. The molecule has 3 aromatic carbocycles. The summed E-state index contributed by atoms with van der Waals surface area (Å²) in [6.07, 6.45) is 0. The molecule has 0 aliphatic carbocycles. The Morgan fingerprint density at radius 2 is 2.03 bits per heavy atom. The van der Waals surface area contributed by atoms with Gasteiger partial charge in [0.25, 0.3) is 5.56 Å². The number of hydrogen-bond acceptors (Lipinski definition) is 6. The molecule has 1 aromatic heterocycles. The highest BCUT2D eigenvalue weighted by atomic mass is 35.5. The van der Waals surface area contributed by atoms with E-state index in [1.165, 1.54) is 11.7 Å². The van der Waals surface area contributed by atoms with E-state index in [0.29, 0.717) is 43.8 Å². The van der Waals surface area contributed by atoms with Crippen molar-refractivity contribution >= 4 is 45.9 Å². The largest absolute Gasteiger partial charge is 0.495 e. The molecule has 0 radical (unpaired) electrons. The number of hydrogen-bond donors (Lipinski definition) is 1. The fourth-order valence-electron chi connectivity index (χ4n) is 3.42. The zero-order valence-electron chi connectivity index (χ0n) is 18.3. The maximum absolute atomic E-state index is 13.5. The zero-order chi connectivity index (χ0) is 24.2. The highest BCUT2D eigenvalue weighted by molar-refractivity contribution is 7.99. The van der Waals surface area contributed by atoms with Gasteiger partial charge in [-0.25, -0.2) is 4.98 Å². The van der Waals surface area contributed by atoms with E-state index >= 15 is 0 Å². The van der Waals surface area contributed by atoms with Crippen LogP contribution in [0.2, 0.25) is 5.02 Å². The number of benzene rings is 3.